The Labute approximate surface area is 217 Å². The zero-order valence-electron chi connectivity index (χ0n) is 22.0. The number of amides is 3. The predicted octanol–water partition coefficient (Wildman–Crippen LogP) is 2.67. The van der Waals surface area contributed by atoms with Gasteiger partial charge in [0.2, 0.25) is 11.8 Å². The lowest BCUT2D eigenvalue weighted by atomic mass is 9.80. The fourth-order valence-electron chi connectivity index (χ4n) is 4.46. The molecule has 200 valence electrons. The van der Waals surface area contributed by atoms with Crippen LogP contribution in [0.25, 0.3) is 11.3 Å². The van der Waals surface area contributed by atoms with Crippen molar-refractivity contribution in [3.63, 3.8) is 0 Å². The fourth-order valence-corrected chi connectivity index (χ4v) is 4.46. The number of hydrogen-bond acceptors (Lipinski definition) is 6. The molecule has 0 aliphatic heterocycles. The first-order valence-corrected chi connectivity index (χ1v) is 12.7. The Balaban J connectivity index is 1.74. The monoisotopic (exact) mass is 511 g/mol. The second kappa shape index (κ2) is 11.6. The van der Waals surface area contributed by atoms with Crippen LogP contribution < -0.4 is 21.9 Å². The number of benzene rings is 1. The smallest absolute Gasteiger partial charge is 0.408 e. The number of nitrogens with one attached hydrogen (secondary N) is 2. The van der Waals surface area contributed by atoms with Gasteiger partial charge >= 0.3 is 6.09 Å². The van der Waals surface area contributed by atoms with E-state index in [0.717, 1.165) is 30.4 Å². The number of rotatable bonds is 8. The van der Waals surface area contributed by atoms with Crippen LogP contribution in [0.1, 0.15) is 65.4 Å². The Morgan fingerprint density at radius 3 is 2.30 bits per heavy atom. The van der Waals surface area contributed by atoms with Gasteiger partial charge in [0.15, 0.2) is 0 Å². The van der Waals surface area contributed by atoms with Crippen molar-refractivity contribution in [3.05, 3.63) is 52.3 Å². The molecule has 0 radical (unpaired) electrons. The summed E-state index contributed by atoms with van der Waals surface area (Å²) in [6.45, 7) is 7.58. The lowest BCUT2D eigenvalue weighted by molar-refractivity contribution is -0.133. The number of aryl methyl sites for hydroxylation is 1. The molecule has 0 saturated heterocycles. The van der Waals surface area contributed by atoms with E-state index in [0.29, 0.717) is 25.1 Å². The van der Waals surface area contributed by atoms with Crippen LogP contribution in [0.2, 0.25) is 0 Å². The molecule has 3 rings (SSSR count). The highest BCUT2D eigenvalue weighted by Gasteiger charge is 2.43. The van der Waals surface area contributed by atoms with Crippen molar-refractivity contribution in [1.82, 2.24) is 20.4 Å². The lowest BCUT2D eigenvalue weighted by Gasteiger charge is -2.37. The van der Waals surface area contributed by atoms with Crippen molar-refractivity contribution in [1.29, 1.82) is 0 Å². The van der Waals surface area contributed by atoms with E-state index in [-0.39, 0.29) is 12.0 Å². The van der Waals surface area contributed by atoms with Gasteiger partial charge in [-0.25, -0.2) is 9.48 Å². The van der Waals surface area contributed by atoms with Gasteiger partial charge in [0.25, 0.3) is 5.56 Å². The first-order chi connectivity index (χ1) is 17.4. The van der Waals surface area contributed by atoms with Gasteiger partial charge in [-0.1, -0.05) is 43.5 Å². The van der Waals surface area contributed by atoms with Gasteiger partial charge in [0.05, 0.1) is 5.69 Å². The summed E-state index contributed by atoms with van der Waals surface area (Å²) in [5, 5.41) is 9.91. The second-order valence-electron chi connectivity index (χ2n) is 10.5. The summed E-state index contributed by atoms with van der Waals surface area (Å²) in [5.41, 5.74) is 5.87. The van der Waals surface area contributed by atoms with Crippen molar-refractivity contribution in [3.8, 4) is 11.3 Å². The highest BCUT2D eigenvalue weighted by Crippen LogP contribution is 2.29. The molecular weight excluding hydrogens is 474 g/mol. The van der Waals surface area contributed by atoms with Crippen LogP contribution >= 0.6 is 0 Å². The van der Waals surface area contributed by atoms with Gasteiger partial charge in [-0.05, 0) is 52.2 Å². The van der Waals surface area contributed by atoms with Crippen molar-refractivity contribution in [2.75, 3.05) is 0 Å². The molecule has 1 unspecified atom stereocenters. The molecule has 1 atom stereocenters. The van der Waals surface area contributed by atoms with Crippen LogP contribution in [0.15, 0.2) is 41.2 Å². The molecule has 1 aromatic heterocycles. The first kappa shape index (κ1) is 27.9. The zero-order chi connectivity index (χ0) is 27.2. The van der Waals surface area contributed by atoms with Crippen LogP contribution in [0.5, 0.6) is 0 Å². The number of primary amides is 1. The maximum atomic E-state index is 13.4. The number of nitrogens with two attached hydrogens (primary N) is 1. The Hall–Kier alpha value is -3.69. The van der Waals surface area contributed by atoms with E-state index >= 15 is 0 Å². The SMILES string of the molecule is CCn1nc(-c2ccc(CC(NC(=O)C3(NC(=O)OC(C)(C)C)CCCCC3)C(N)=O)cc2)ccc1=O. The standard InChI is InChI=1S/C27H37N5O5/c1-5-32-22(33)14-13-20(31-32)19-11-9-18(10-12-19)17-21(23(28)34)29-24(35)27(15-7-6-8-16-27)30-25(36)37-26(2,3)4/h9-14,21H,5-8,15-17H2,1-4H3,(H2,28,34)(H,29,35)(H,30,36). The topological polar surface area (TPSA) is 145 Å². The maximum Gasteiger partial charge on any atom is 0.408 e. The minimum absolute atomic E-state index is 0.167. The minimum atomic E-state index is -1.16. The highest BCUT2D eigenvalue weighted by atomic mass is 16.6. The third kappa shape index (κ3) is 7.41. The molecular formula is C27H37N5O5. The fraction of sp³-hybridized carbons (Fsp3) is 0.519. The molecule has 1 aliphatic rings. The van der Waals surface area contributed by atoms with Crippen molar-refractivity contribution in [2.45, 2.75) is 89.9 Å². The Kier molecular flexibility index (Phi) is 8.73. The summed E-state index contributed by atoms with van der Waals surface area (Å²) in [7, 11) is 0. The van der Waals surface area contributed by atoms with Crippen molar-refractivity contribution < 1.29 is 19.1 Å². The van der Waals surface area contributed by atoms with E-state index < -0.39 is 35.1 Å². The van der Waals surface area contributed by atoms with Crippen LogP contribution in [-0.4, -0.2) is 44.9 Å². The van der Waals surface area contributed by atoms with Gasteiger partial charge in [0.1, 0.15) is 17.2 Å². The Bertz CT molecular complexity index is 1180. The summed E-state index contributed by atoms with van der Waals surface area (Å²) < 4.78 is 6.77. The van der Waals surface area contributed by atoms with Crippen LogP contribution in [0.4, 0.5) is 4.79 Å². The van der Waals surface area contributed by atoms with Gasteiger partial charge in [-0.2, -0.15) is 5.10 Å². The summed E-state index contributed by atoms with van der Waals surface area (Å²) in [6.07, 6.45) is 2.92. The predicted molar refractivity (Wildman–Crippen MR) is 140 cm³/mol. The van der Waals surface area contributed by atoms with Gasteiger partial charge in [0, 0.05) is 24.6 Å². The van der Waals surface area contributed by atoms with E-state index in [1.54, 1.807) is 26.8 Å². The number of aromatic nitrogens is 2. The van der Waals surface area contributed by atoms with Gasteiger partial charge in [-0.3, -0.25) is 14.4 Å². The van der Waals surface area contributed by atoms with E-state index in [4.69, 9.17) is 10.5 Å². The van der Waals surface area contributed by atoms with Gasteiger partial charge < -0.3 is 21.1 Å². The number of hydrogen-bond donors (Lipinski definition) is 3. The largest absolute Gasteiger partial charge is 0.444 e. The lowest BCUT2D eigenvalue weighted by Crippen LogP contribution is -2.63. The molecule has 10 nitrogen and oxygen atoms in total. The summed E-state index contributed by atoms with van der Waals surface area (Å²) >= 11 is 0. The average molecular weight is 512 g/mol. The number of carbonyl (C=O) groups is 3. The molecule has 37 heavy (non-hydrogen) atoms. The van der Waals surface area contributed by atoms with E-state index in [1.165, 1.54) is 10.7 Å². The van der Waals surface area contributed by atoms with Crippen LogP contribution in [-0.2, 0) is 27.3 Å². The number of carbonyl (C=O) groups excluding carboxylic acids is 3. The maximum absolute atomic E-state index is 13.4. The molecule has 10 heteroatoms. The van der Waals surface area contributed by atoms with E-state index in [1.807, 2.05) is 31.2 Å². The molecule has 4 N–H and O–H groups in total. The quantitative estimate of drug-likeness (QED) is 0.497. The molecule has 1 heterocycles. The third-order valence-corrected chi connectivity index (χ3v) is 6.39. The summed E-state index contributed by atoms with van der Waals surface area (Å²) in [4.78, 5) is 50.0. The zero-order valence-corrected chi connectivity index (χ0v) is 22.0. The molecule has 0 spiro atoms. The van der Waals surface area contributed by atoms with E-state index in [2.05, 4.69) is 15.7 Å². The number of ether oxygens (including phenoxy) is 1. The van der Waals surface area contributed by atoms with Gasteiger partial charge in [-0.15, -0.1) is 0 Å². The third-order valence-electron chi connectivity index (χ3n) is 6.39. The number of alkyl carbamates (subject to hydrolysis) is 1. The summed E-state index contributed by atoms with van der Waals surface area (Å²) in [6, 6.07) is 9.52. The number of nitrogens with zero attached hydrogens (tertiary/aromatic N) is 2. The average Bonchev–Trinajstić information content (AvgIpc) is 2.83. The molecule has 1 saturated carbocycles. The molecule has 1 aliphatic carbocycles. The van der Waals surface area contributed by atoms with Crippen molar-refractivity contribution >= 4 is 17.9 Å². The van der Waals surface area contributed by atoms with Crippen molar-refractivity contribution in [2.24, 2.45) is 5.73 Å². The molecule has 1 aromatic carbocycles. The Morgan fingerprint density at radius 1 is 1.08 bits per heavy atom. The normalized spacial score (nSPS) is 15.9. The highest BCUT2D eigenvalue weighted by molar-refractivity contribution is 5.94. The molecule has 2 aromatic rings. The van der Waals surface area contributed by atoms with Crippen LogP contribution in [0, 0.1) is 0 Å². The molecule has 0 bridgehead atoms. The van der Waals surface area contributed by atoms with E-state index in [9.17, 15) is 19.2 Å². The van der Waals surface area contributed by atoms with Crippen LogP contribution in [0.3, 0.4) is 0 Å². The molecule has 3 amide bonds. The second-order valence-corrected chi connectivity index (χ2v) is 10.5. The Morgan fingerprint density at radius 2 is 1.73 bits per heavy atom. The summed E-state index contributed by atoms with van der Waals surface area (Å²) in [5.74, 6) is -1.11. The first-order valence-electron chi connectivity index (χ1n) is 12.7. The molecule has 1 fully saturated rings. The minimum Gasteiger partial charge on any atom is -0.444 e.